The average molecular weight is 457 g/mol. The van der Waals surface area contributed by atoms with E-state index < -0.39 is 0 Å². The summed E-state index contributed by atoms with van der Waals surface area (Å²) in [5, 5.41) is 12.7. The highest BCUT2D eigenvalue weighted by atomic mass is 32.2. The first-order chi connectivity index (χ1) is 16.0. The van der Waals surface area contributed by atoms with Gasteiger partial charge in [0.25, 0.3) is 0 Å². The number of rotatable bonds is 8. The van der Waals surface area contributed by atoms with Gasteiger partial charge in [-0.15, -0.1) is 10.2 Å². The summed E-state index contributed by atoms with van der Waals surface area (Å²) < 4.78 is 2.06. The normalized spacial score (nSPS) is 10.9. The quantitative estimate of drug-likeness (QED) is 0.342. The van der Waals surface area contributed by atoms with Crippen molar-refractivity contribution in [1.82, 2.24) is 14.8 Å². The molecule has 0 aliphatic carbocycles. The molecular weight excluding hydrogens is 428 g/mol. The average Bonchev–Trinajstić information content (AvgIpc) is 3.23. The van der Waals surface area contributed by atoms with Crippen LogP contribution in [0.1, 0.15) is 35.0 Å². The van der Waals surface area contributed by atoms with Crippen LogP contribution in [0.2, 0.25) is 0 Å². The Morgan fingerprint density at radius 2 is 1.58 bits per heavy atom. The van der Waals surface area contributed by atoms with Crippen LogP contribution in [0.25, 0.3) is 5.69 Å². The third-order valence-corrected chi connectivity index (χ3v) is 6.52. The van der Waals surface area contributed by atoms with Gasteiger partial charge in [-0.3, -0.25) is 9.36 Å². The predicted molar refractivity (Wildman–Crippen MR) is 135 cm³/mol. The van der Waals surface area contributed by atoms with Crippen molar-refractivity contribution in [2.75, 3.05) is 11.1 Å². The molecule has 6 heteroatoms. The molecule has 0 saturated heterocycles. The van der Waals surface area contributed by atoms with Crippen LogP contribution in [0.15, 0.2) is 78.0 Å². The zero-order valence-electron chi connectivity index (χ0n) is 19.2. The Morgan fingerprint density at radius 3 is 2.24 bits per heavy atom. The lowest BCUT2D eigenvalue weighted by Gasteiger charge is -2.13. The monoisotopic (exact) mass is 456 g/mol. The van der Waals surface area contributed by atoms with Gasteiger partial charge in [0.2, 0.25) is 5.91 Å². The fraction of sp³-hybridized carbons (Fsp3) is 0.222. The van der Waals surface area contributed by atoms with Crippen LogP contribution in [-0.2, 0) is 17.6 Å². The third-order valence-electron chi connectivity index (χ3n) is 5.59. The Hall–Kier alpha value is -3.38. The minimum atomic E-state index is -0.0575. The van der Waals surface area contributed by atoms with Gasteiger partial charge in [0.15, 0.2) is 5.16 Å². The number of aromatic nitrogens is 3. The van der Waals surface area contributed by atoms with E-state index in [1.54, 1.807) is 0 Å². The first-order valence-corrected chi connectivity index (χ1v) is 12.1. The van der Waals surface area contributed by atoms with Crippen molar-refractivity contribution in [1.29, 1.82) is 0 Å². The van der Waals surface area contributed by atoms with Gasteiger partial charge >= 0.3 is 0 Å². The number of carbonyl (C=O) groups excluding carboxylic acids is 1. The van der Waals surface area contributed by atoms with Gasteiger partial charge < -0.3 is 5.32 Å². The number of para-hydroxylation sites is 1. The third kappa shape index (κ3) is 5.52. The van der Waals surface area contributed by atoms with E-state index >= 15 is 0 Å². The molecule has 4 aromatic rings. The summed E-state index contributed by atoms with van der Waals surface area (Å²) in [6, 6.07) is 24.7. The van der Waals surface area contributed by atoms with Gasteiger partial charge in [0.05, 0.1) is 5.75 Å². The number of benzene rings is 3. The molecule has 0 aliphatic rings. The highest BCUT2D eigenvalue weighted by molar-refractivity contribution is 7.99. The Labute approximate surface area is 199 Å². The standard InChI is InChI=1S/C27H28N4OS/c1-4-21-13-15-23(16-14-21)31-24(17-22-11-6-5-7-12-22)29-30-27(31)33-18-25(32)28-26-19(2)9-8-10-20(26)3/h5-16H,4,17-18H2,1-3H3,(H,28,32). The lowest BCUT2D eigenvalue weighted by atomic mass is 10.1. The maximum atomic E-state index is 12.7. The lowest BCUT2D eigenvalue weighted by Crippen LogP contribution is -2.16. The maximum absolute atomic E-state index is 12.7. The van der Waals surface area contributed by atoms with E-state index in [9.17, 15) is 4.79 Å². The number of nitrogens with one attached hydrogen (secondary N) is 1. The van der Waals surface area contributed by atoms with Crippen LogP contribution < -0.4 is 5.32 Å². The second-order valence-corrected chi connectivity index (χ2v) is 8.96. The lowest BCUT2D eigenvalue weighted by molar-refractivity contribution is -0.113. The smallest absolute Gasteiger partial charge is 0.234 e. The van der Waals surface area contributed by atoms with E-state index in [0.29, 0.717) is 11.6 Å². The molecule has 33 heavy (non-hydrogen) atoms. The Bertz CT molecular complexity index is 1210. The second kappa shape index (κ2) is 10.5. The van der Waals surface area contributed by atoms with Crippen LogP contribution in [0.3, 0.4) is 0 Å². The summed E-state index contributed by atoms with van der Waals surface area (Å²) >= 11 is 1.40. The minimum absolute atomic E-state index is 0.0575. The largest absolute Gasteiger partial charge is 0.325 e. The number of aryl methyl sites for hydroxylation is 3. The molecule has 0 unspecified atom stereocenters. The maximum Gasteiger partial charge on any atom is 0.234 e. The molecule has 1 aromatic heterocycles. The SMILES string of the molecule is CCc1ccc(-n2c(Cc3ccccc3)nnc2SCC(=O)Nc2c(C)cccc2C)cc1. The molecule has 0 bridgehead atoms. The summed E-state index contributed by atoms with van der Waals surface area (Å²) in [5.74, 6) is 1.05. The van der Waals surface area contributed by atoms with E-state index in [-0.39, 0.29) is 11.7 Å². The number of hydrogen-bond donors (Lipinski definition) is 1. The number of hydrogen-bond acceptors (Lipinski definition) is 4. The summed E-state index contributed by atoms with van der Waals surface area (Å²) in [6.07, 6.45) is 1.65. The van der Waals surface area contributed by atoms with Crippen LogP contribution >= 0.6 is 11.8 Å². The summed E-state index contributed by atoms with van der Waals surface area (Å²) in [5.41, 5.74) is 6.43. The molecule has 1 amide bonds. The zero-order valence-corrected chi connectivity index (χ0v) is 20.0. The van der Waals surface area contributed by atoms with Crippen LogP contribution in [-0.4, -0.2) is 26.4 Å². The molecule has 4 rings (SSSR count). The topological polar surface area (TPSA) is 59.8 Å². The second-order valence-electron chi connectivity index (χ2n) is 8.02. The fourth-order valence-electron chi connectivity index (χ4n) is 3.74. The van der Waals surface area contributed by atoms with Crippen molar-refractivity contribution < 1.29 is 4.79 Å². The molecule has 0 aliphatic heterocycles. The Balaban J connectivity index is 1.57. The molecule has 0 fully saturated rings. The molecule has 168 valence electrons. The molecule has 0 radical (unpaired) electrons. The Morgan fingerprint density at radius 1 is 0.879 bits per heavy atom. The number of nitrogens with zero attached hydrogens (tertiary/aromatic N) is 3. The van der Waals surface area contributed by atoms with Crippen molar-refractivity contribution in [3.8, 4) is 5.69 Å². The number of thioether (sulfide) groups is 1. The van der Waals surface area contributed by atoms with E-state index in [1.807, 2.05) is 50.2 Å². The zero-order chi connectivity index (χ0) is 23.2. The van der Waals surface area contributed by atoms with E-state index in [2.05, 4.69) is 63.4 Å². The van der Waals surface area contributed by atoms with E-state index in [0.717, 1.165) is 34.7 Å². The minimum Gasteiger partial charge on any atom is -0.325 e. The predicted octanol–water partition coefficient (Wildman–Crippen LogP) is 5.77. The summed E-state index contributed by atoms with van der Waals surface area (Å²) in [6.45, 7) is 6.15. The number of anilines is 1. The van der Waals surface area contributed by atoms with Crippen LogP contribution in [0.4, 0.5) is 5.69 Å². The number of amides is 1. The number of carbonyl (C=O) groups is 1. The first kappa shape index (κ1) is 22.8. The van der Waals surface area contributed by atoms with Crippen molar-refractivity contribution in [2.24, 2.45) is 0 Å². The van der Waals surface area contributed by atoms with Gasteiger partial charge in [-0.05, 0) is 54.7 Å². The van der Waals surface area contributed by atoms with E-state index in [1.165, 1.54) is 22.9 Å². The summed E-state index contributed by atoms with van der Waals surface area (Å²) in [7, 11) is 0. The highest BCUT2D eigenvalue weighted by Gasteiger charge is 2.17. The van der Waals surface area contributed by atoms with Crippen molar-refractivity contribution in [3.05, 3.63) is 101 Å². The molecule has 1 heterocycles. The van der Waals surface area contributed by atoms with Gasteiger partial charge in [-0.1, -0.05) is 79.3 Å². The fourth-order valence-corrected chi connectivity index (χ4v) is 4.51. The van der Waals surface area contributed by atoms with Gasteiger partial charge in [0.1, 0.15) is 5.82 Å². The molecule has 0 atom stereocenters. The molecule has 0 saturated carbocycles. The molecule has 1 N–H and O–H groups in total. The van der Waals surface area contributed by atoms with Crippen molar-refractivity contribution >= 4 is 23.4 Å². The summed E-state index contributed by atoms with van der Waals surface area (Å²) in [4.78, 5) is 12.7. The van der Waals surface area contributed by atoms with E-state index in [4.69, 9.17) is 0 Å². The Kier molecular flexibility index (Phi) is 7.25. The van der Waals surface area contributed by atoms with Crippen molar-refractivity contribution in [3.63, 3.8) is 0 Å². The molecule has 3 aromatic carbocycles. The molecule has 0 spiro atoms. The van der Waals surface area contributed by atoms with Gasteiger partial charge in [-0.25, -0.2) is 0 Å². The van der Waals surface area contributed by atoms with Crippen LogP contribution in [0, 0.1) is 13.8 Å². The van der Waals surface area contributed by atoms with Crippen LogP contribution in [0.5, 0.6) is 0 Å². The highest BCUT2D eigenvalue weighted by Crippen LogP contribution is 2.25. The molecular formula is C27H28N4OS. The molecule has 5 nitrogen and oxygen atoms in total. The first-order valence-electron chi connectivity index (χ1n) is 11.1. The van der Waals surface area contributed by atoms with Crippen molar-refractivity contribution in [2.45, 2.75) is 38.8 Å². The van der Waals surface area contributed by atoms with Gasteiger partial charge in [0, 0.05) is 17.8 Å². The van der Waals surface area contributed by atoms with Gasteiger partial charge in [-0.2, -0.15) is 0 Å².